The van der Waals surface area contributed by atoms with E-state index in [0.717, 1.165) is 38.5 Å². The van der Waals surface area contributed by atoms with Crippen LogP contribution in [0.15, 0.2) is 48.1 Å². The van der Waals surface area contributed by atoms with E-state index in [1.165, 1.54) is 16.7 Å². The smallest absolute Gasteiger partial charge is 0.223 e. The van der Waals surface area contributed by atoms with Gasteiger partial charge in [0.1, 0.15) is 0 Å². The number of aliphatic hydroxyl groups is 1. The molecule has 0 heterocycles. The lowest BCUT2D eigenvalue weighted by Gasteiger charge is -2.31. The van der Waals surface area contributed by atoms with Crippen LogP contribution in [0.1, 0.15) is 77.3 Å². The van der Waals surface area contributed by atoms with Gasteiger partial charge in [-0.3, -0.25) is 4.79 Å². The molecule has 1 amide bonds. The molecule has 2 aliphatic carbocycles. The number of amides is 1. The van der Waals surface area contributed by atoms with Gasteiger partial charge in [-0.05, 0) is 90.5 Å². The standard InChI is InChI=1S/C29H43NO2/c1-20(2)30(21(3)4)29(32)15-9-13-24-17-25-19-28(31)26(27(25)18-24)14-7-6-11-23-12-8-10-22(5)16-23/h7-8,10,12,14,16-17,20-21,25-28,31H,6,9,11,13,15,18-19H2,1-5H3/t25-,26+,27-,28+/m0/s1. The van der Waals surface area contributed by atoms with Gasteiger partial charge in [-0.2, -0.15) is 0 Å². The van der Waals surface area contributed by atoms with E-state index in [1.54, 1.807) is 0 Å². The minimum Gasteiger partial charge on any atom is -0.392 e. The molecule has 1 aromatic rings. The van der Waals surface area contributed by atoms with Crippen molar-refractivity contribution in [2.24, 2.45) is 17.8 Å². The highest BCUT2D eigenvalue weighted by Gasteiger charge is 2.43. The van der Waals surface area contributed by atoms with Crippen LogP contribution in [0.2, 0.25) is 0 Å². The Morgan fingerprint density at radius 2 is 1.94 bits per heavy atom. The lowest BCUT2D eigenvalue weighted by atomic mass is 9.88. The molecule has 1 N–H and O–H groups in total. The second-order valence-electron chi connectivity index (χ2n) is 10.5. The number of fused-ring (bicyclic) bond motifs is 1. The van der Waals surface area contributed by atoms with Gasteiger partial charge in [0.2, 0.25) is 5.91 Å². The number of nitrogens with zero attached hydrogens (tertiary/aromatic N) is 1. The van der Waals surface area contributed by atoms with Gasteiger partial charge in [-0.15, -0.1) is 0 Å². The molecule has 0 aromatic heterocycles. The number of carbonyl (C=O) groups excluding carboxylic acids is 1. The molecule has 0 aliphatic heterocycles. The van der Waals surface area contributed by atoms with Gasteiger partial charge in [0.05, 0.1) is 6.10 Å². The van der Waals surface area contributed by atoms with Crippen molar-refractivity contribution >= 4 is 5.91 Å². The molecule has 32 heavy (non-hydrogen) atoms. The van der Waals surface area contributed by atoms with Crippen LogP contribution < -0.4 is 0 Å². The molecular formula is C29H43NO2. The molecule has 0 radical (unpaired) electrons. The third kappa shape index (κ3) is 6.34. The molecule has 4 atom stereocenters. The zero-order valence-corrected chi connectivity index (χ0v) is 20.8. The van der Waals surface area contributed by atoms with Gasteiger partial charge >= 0.3 is 0 Å². The van der Waals surface area contributed by atoms with Crippen LogP contribution in [-0.2, 0) is 11.2 Å². The largest absolute Gasteiger partial charge is 0.392 e. The monoisotopic (exact) mass is 437 g/mol. The lowest BCUT2D eigenvalue weighted by Crippen LogP contribution is -2.41. The summed E-state index contributed by atoms with van der Waals surface area (Å²) in [4.78, 5) is 14.6. The molecule has 2 aliphatic rings. The summed E-state index contributed by atoms with van der Waals surface area (Å²) < 4.78 is 0. The van der Waals surface area contributed by atoms with Crippen molar-refractivity contribution < 1.29 is 9.90 Å². The van der Waals surface area contributed by atoms with Crippen LogP contribution in [0.4, 0.5) is 0 Å². The van der Waals surface area contributed by atoms with Crippen LogP contribution in [0.5, 0.6) is 0 Å². The van der Waals surface area contributed by atoms with Crippen molar-refractivity contribution in [3.05, 3.63) is 59.2 Å². The van der Waals surface area contributed by atoms with Crippen LogP contribution in [0, 0.1) is 24.7 Å². The summed E-state index contributed by atoms with van der Waals surface area (Å²) in [5.74, 6) is 1.59. The summed E-state index contributed by atoms with van der Waals surface area (Å²) in [7, 11) is 0. The van der Waals surface area contributed by atoms with E-state index in [2.05, 4.69) is 77.1 Å². The Morgan fingerprint density at radius 3 is 2.62 bits per heavy atom. The summed E-state index contributed by atoms with van der Waals surface area (Å²) in [6.07, 6.45) is 13.4. The highest BCUT2D eigenvalue weighted by Crippen LogP contribution is 2.48. The zero-order valence-electron chi connectivity index (χ0n) is 20.8. The molecular weight excluding hydrogens is 394 g/mol. The van der Waals surface area contributed by atoms with Gasteiger partial charge in [-0.1, -0.05) is 53.6 Å². The number of carbonyl (C=O) groups is 1. The van der Waals surface area contributed by atoms with E-state index in [9.17, 15) is 9.90 Å². The average Bonchev–Trinajstić information content (AvgIpc) is 3.21. The number of rotatable bonds is 10. The maximum atomic E-state index is 12.6. The maximum absolute atomic E-state index is 12.6. The number of hydrogen-bond donors (Lipinski definition) is 1. The lowest BCUT2D eigenvalue weighted by molar-refractivity contribution is -0.134. The van der Waals surface area contributed by atoms with Crippen molar-refractivity contribution in [3.63, 3.8) is 0 Å². The Bertz CT molecular complexity index is 814. The molecule has 0 saturated heterocycles. The van der Waals surface area contributed by atoms with E-state index in [4.69, 9.17) is 0 Å². The van der Waals surface area contributed by atoms with Crippen LogP contribution >= 0.6 is 0 Å². The Balaban J connectivity index is 1.45. The van der Waals surface area contributed by atoms with Gasteiger partial charge in [0.25, 0.3) is 0 Å². The molecule has 0 bridgehead atoms. The van der Waals surface area contributed by atoms with Gasteiger partial charge in [0, 0.05) is 24.4 Å². The third-order valence-corrected chi connectivity index (χ3v) is 7.28. The highest BCUT2D eigenvalue weighted by atomic mass is 16.3. The van der Waals surface area contributed by atoms with Crippen molar-refractivity contribution in [2.75, 3.05) is 0 Å². The Morgan fingerprint density at radius 1 is 1.19 bits per heavy atom. The van der Waals surface area contributed by atoms with Crippen molar-refractivity contribution in [2.45, 2.75) is 97.8 Å². The third-order valence-electron chi connectivity index (χ3n) is 7.28. The van der Waals surface area contributed by atoms with Crippen LogP contribution in [0.25, 0.3) is 0 Å². The molecule has 3 heteroatoms. The molecule has 3 nitrogen and oxygen atoms in total. The molecule has 1 saturated carbocycles. The molecule has 1 aromatic carbocycles. The minimum atomic E-state index is -0.217. The summed E-state index contributed by atoms with van der Waals surface area (Å²) in [6.45, 7) is 10.5. The number of benzene rings is 1. The fourth-order valence-electron chi connectivity index (χ4n) is 5.93. The van der Waals surface area contributed by atoms with Gasteiger partial charge < -0.3 is 10.0 Å². The summed E-state index contributed by atoms with van der Waals surface area (Å²) in [6, 6.07) is 9.23. The van der Waals surface area contributed by atoms with Crippen LogP contribution in [-0.4, -0.2) is 34.1 Å². The second kappa shape index (κ2) is 11.3. The van der Waals surface area contributed by atoms with Crippen molar-refractivity contribution in [1.29, 1.82) is 0 Å². The number of allylic oxidation sites excluding steroid dienone is 3. The zero-order chi connectivity index (χ0) is 23.3. The van der Waals surface area contributed by atoms with E-state index in [-0.39, 0.29) is 30.0 Å². The molecule has 0 unspecified atom stereocenters. The molecule has 176 valence electrons. The number of aryl methyl sites for hydroxylation is 2. The van der Waals surface area contributed by atoms with E-state index in [1.807, 2.05) is 4.90 Å². The molecule has 0 spiro atoms. The second-order valence-corrected chi connectivity index (χ2v) is 10.5. The summed E-state index contributed by atoms with van der Waals surface area (Å²) in [5, 5.41) is 10.6. The summed E-state index contributed by atoms with van der Waals surface area (Å²) >= 11 is 0. The van der Waals surface area contributed by atoms with E-state index < -0.39 is 0 Å². The van der Waals surface area contributed by atoms with Gasteiger partial charge in [-0.25, -0.2) is 0 Å². The quantitative estimate of drug-likeness (QED) is 0.440. The first-order valence-electron chi connectivity index (χ1n) is 12.7. The maximum Gasteiger partial charge on any atom is 0.223 e. The van der Waals surface area contributed by atoms with Gasteiger partial charge in [0.15, 0.2) is 0 Å². The Hall–Kier alpha value is -1.87. The predicted octanol–water partition coefficient (Wildman–Crippen LogP) is 6.24. The fourth-order valence-corrected chi connectivity index (χ4v) is 5.93. The molecule has 1 fully saturated rings. The molecule has 3 rings (SSSR count). The fraction of sp³-hybridized carbons (Fsp3) is 0.621. The normalized spacial score (nSPS) is 25.1. The van der Waals surface area contributed by atoms with E-state index in [0.29, 0.717) is 18.3 Å². The minimum absolute atomic E-state index is 0.217. The SMILES string of the molecule is Cc1cccc(CCC=C[C@@H]2[C@H]3CC(CCCC(=O)N(C(C)C)C(C)C)=C[C@H]3C[C@H]2O)c1. The Labute approximate surface area is 195 Å². The highest BCUT2D eigenvalue weighted by molar-refractivity contribution is 5.76. The van der Waals surface area contributed by atoms with Crippen molar-refractivity contribution in [1.82, 2.24) is 4.90 Å². The summed E-state index contributed by atoms with van der Waals surface area (Å²) in [5.41, 5.74) is 4.19. The van der Waals surface area contributed by atoms with E-state index >= 15 is 0 Å². The number of hydrogen-bond acceptors (Lipinski definition) is 2. The number of aliphatic hydroxyl groups excluding tert-OH is 1. The topological polar surface area (TPSA) is 40.5 Å². The first-order chi connectivity index (χ1) is 15.3. The first-order valence-corrected chi connectivity index (χ1v) is 12.7. The van der Waals surface area contributed by atoms with Crippen LogP contribution in [0.3, 0.4) is 0 Å². The Kier molecular flexibility index (Phi) is 8.76. The predicted molar refractivity (Wildman–Crippen MR) is 133 cm³/mol. The van der Waals surface area contributed by atoms with Crippen molar-refractivity contribution in [3.8, 4) is 0 Å². The first kappa shape index (κ1) is 24.8. The average molecular weight is 438 g/mol.